The minimum Gasteiger partial charge on any atom is -0.465 e. The van der Waals surface area contributed by atoms with E-state index in [1.165, 1.54) is 6.92 Å². The highest BCUT2D eigenvalue weighted by molar-refractivity contribution is 6.08. The van der Waals surface area contributed by atoms with Gasteiger partial charge in [0.2, 0.25) is 0 Å². The number of carbonyl (C=O) groups excluding carboxylic acids is 3. The Kier molecular flexibility index (Phi) is 4.32. The van der Waals surface area contributed by atoms with Gasteiger partial charge >= 0.3 is 5.97 Å². The summed E-state index contributed by atoms with van der Waals surface area (Å²) < 4.78 is 4.94. The Balaban J connectivity index is 2.31. The molecule has 0 amide bonds. The third-order valence-corrected chi connectivity index (χ3v) is 3.73. The zero-order valence-electron chi connectivity index (χ0n) is 11.7. The van der Waals surface area contributed by atoms with E-state index in [2.05, 4.69) is 0 Å². The van der Waals surface area contributed by atoms with Gasteiger partial charge in [0, 0.05) is 11.5 Å². The van der Waals surface area contributed by atoms with Crippen LogP contribution in [0.5, 0.6) is 0 Å². The second-order valence-corrected chi connectivity index (χ2v) is 5.01. The highest BCUT2D eigenvalue weighted by Gasteiger charge is 2.40. The van der Waals surface area contributed by atoms with Crippen molar-refractivity contribution in [1.29, 1.82) is 0 Å². The van der Waals surface area contributed by atoms with Crippen LogP contribution in [0.2, 0.25) is 0 Å². The zero-order valence-corrected chi connectivity index (χ0v) is 11.7. The molecular weight excluding hydrogens is 256 g/mol. The lowest BCUT2D eigenvalue weighted by molar-refractivity contribution is -0.152. The Morgan fingerprint density at radius 1 is 1.35 bits per heavy atom. The number of benzene rings is 1. The van der Waals surface area contributed by atoms with E-state index >= 15 is 0 Å². The van der Waals surface area contributed by atoms with Crippen LogP contribution < -0.4 is 0 Å². The van der Waals surface area contributed by atoms with Crippen molar-refractivity contribution in [2.75, 3.05) is 6.61 Å². The topological polar surface area (TPSA) is 60.4 Å². The predicted octanol–water partition coefficient (Wildman–Crippen LogP) is 2.20. The predicted molar refractivity (Wildman–Crippen MR) is 73.4 cm³/mol. The van der Waals surface area contributed by atoms with E-state index in [0.29, 0.717) is 18.4 Å². The average molecular weight is 274 g/mol. The largest absolute Gasteiger partial charge is 0.465 e. The van der Waals surface area contributed by atoms with Crippen LogP contribution in [0.3, 0.4) is 0 Å². The van der Waals surface area contributed by atoms with Crippen molar-refractivity contribution in [3.63, 3.8) is 0 Å². The highest BCUT2D eigenvalue weighted by atomic mass is 16.5. The standard InChI is InChI=1S/C16H18O4/c1-3-20-16(19)14(10(2)17)13-9-8-11-6-4-5-7-12(11)15(13)18/h4-7,13-14H,3,8-9H2,1-2H3. The molecule has 4 heteroatoms. The van der Waals surface area contributed by atoms with Crippen LogP contribution in [-0.4, -0.2) is 24.1 Å². The maximum absolute atomic E-state index is 12.5. The second-order valence-electron chi connectivity index (χ2n) is 5.01. The molecule has 0 spiro atoms. The normalized spacial score (nSPS) is 19.1. The highest BCUT2D eigenvalue weighted by Crippen LogP contribution is 2.31. The number of ether oxygens (including phenoxy) is 1. The summed E-state index contributed by atoms with van der Waals surface area (Å²) in [7, 11) is 0. The monoisotopic (exact) mass is 274 g/mol. The van der Waals surface area contributed by atoms with Gasteiger partial charge in [0.1, 0.15) is 11.7 Å². The molecule has 2 rings (SSSR count). The first kappa shape index (κ1) is 14.4. The van der Waals surface area contributed by atoms with Gasteiger partial charge in [-0.2, -0.15) is 0 Å². The Bertz CT molecular complexity index is 547. The Labute approximate surface area is 118 Å². The molecule has 0 fully saturated rings. The van der Waals surface area contributed by atoms with Crippen LogP contribution in [0, 0.1) is 11.8 Å². The molecule has 1 aliphatic rings. The molecule has 0 bridgehead atoms. The average Bonchev–Trinajstić information content (AvgIpc) is 2.42. The fourth-order valence-electron chi connectivity index (χ4n) is 2.78. The fraction of sp³-hybridized carbons (Fsp3) is 0.438. The molecule has 0 saturated heterocycles. The number of ketones is 2. The maximum Gasteiger partial charge on any atom is 0.317 e. The molecule has 0 heterocycles. The number of Topliss-reactive ketones (excluding diaryl/α,β-unsaturated/α-hetero) is 2. The number of carbonyl (C=O) groups is 3. The maximum atomic E-state index is 12.5. The first-order valence-electron chi connectivity index (χ1n) is 6.85. The van der Waals surface area contributed by atoms with Crippen LogP contribution in [0.4, 0.5) is 0 Å². The molecule has 2 atom stereocenters. The number of fused-ring (bicyclic) bond motifs is 1. The van der Waals surface area contributed by atoms with Crippen LogP contribution in [0.15, 0.2) is 24.3 Å². The van der Waals surface area contributed by atoms with Gasteiger partial charge in [0.15, 0.2) is 5.78 Å². The first-order valence-corrected chi connectivity index (χ1v) is 6.85. The van der Waals surface area contributed by atoms with Gasteiger partial charge in [0.05, 0.1) is 6.61 Å². The molecule has 1 aliphatic carbocycles. The fourth-order valence-corrected chi connectivity index (χ4v) is 2.78. The van der Waals surface area contributed by atoms with E-state index in [9.17, 15) is 14.4 Å². The zero-order chi connectivity index (χ0) is 14.7. The summed E-state index contributed by atoms with van der Waals surface area (Å²) >= 11 is 0. The number of esters is 1. The molecule has 2 unspecified atom stereocenters. The molecule has 0 saturated carbocycles. The minimum absolute atomic E-state index is 0.125. The molecule has 106 valence electrons. The van der Waals surface area contributed by atoms with Crippen LogP contribution >= 0.6 is 0 Å². The SMILES string of the molecule is CCOC(=O)C(C(C)=O)C1CCc2ccccc2C1=O. The molecular formula is C16H18O4. The van der Waals surface area contributed by atoms with Gasteiger partial charge in [-0.05, 0) is 32.3 Å². The van der Waals surface area contributed by atoms with Gasteiger partial charge < -0.3 is 4.74 Å². The van der Waals surface area contributed by atoms with Crippen LogP contribution in [0.1, 0.15) is 36.2 Å². The van der Waals surface area contributed by atoms with Crippen molar-refractivity contribution >= 4 is 17.5 Å². The molecule has 0 aliphatic heterocycles. The summed E-state index contributed by atoms with van der Waals surface area (Å²) in [4.78, 5) is 36.2. The Morgan fingerprint density at radius 2 is 2.05 bits per heavy atom. The molecule has 0 aromatic heterocycles. The van der Waals surface area contributed by atoms with E-state index in [0.717, 1.165) is 5.56 Å². The van der Waals surface area contributed by atoms with Crippen molar-refractivity contribution < 1.29 is 19.1 Å². The summed E-state index contributed by atoms with van der Waals surface area (Å²) in [6.45, 7) is 3.24. The lowest BCUT2D eigenvalue weighted by Crippen LogP contribution is -2.38. The van der Waals surface area contributed by atoms with E-state index in [4.69, 9.17) is 4.74 Å². The molecule has 4 nitrogen and oxygen atoms in total. The third kappa shape index (κ3) is 2.64. The third-order valence-electron chi connectivity index (χ3n) is 3.73. The Morgan fingerprint density at radius 3 is 2.70 bits per heavy atom. The number of rotatable bonds is 4. The summed E-state index contributed by atoms with van der Waals surface area (Å²) in [5, 5.41) is 0. The van der Waals surface area contributed by atoms with Gasteiger partial charge in [-0.3, -0.25) is 14.4 Å². The van der Waals surface area contributed by atoms with Crippen LogP contribution in [0.25, 0.3) is 0 Å². The van der Waals surface area contributed by atoms with Crippen LogP contribution in [-0.2, 0) is 20.7 Å². The second kappa shape index (κ2) is 5.99. The van der Waals surface area contributed by atoms with E-state index in [1.54, 1.807) is 19.1 Å². The number of hydrogen-bond donors (Lipinski definition) is 0. The summed E-state index contributed by atoms with van der Waals surface area (Å²) in [5.74, 6) is -2.59. The lowest BCUT2D eigenvalue weighted by Gasteiger charge is -2.27. The van der Waals surface area contributed by atoms with Gasteiger partial charge in [0.25, 0.3) is 0 Å². The first-order chi connectivity index (χ1) is 9.56. The van der Waals surface area contributed by atoms with Gasteiger partial charge in [-0.15, -0.1) is 0 Å². The van der Waals surface area contributed by atoms with Crippen molar-refractivity contribution in [2.45, 2.75) is 26.7 Å². The molecule has 1 aromatic rings. The molecule has 20 heavy (non-hydrogen) atoms. The van der Waals surface area contributed by atoms with Crippen molar-refractivity contribution in [2.24, 2.45) is 11.8 Å². The minimum atomic E-state index is -0.976. The molecule has 0 radical (unpaired) electrons. The lowest BCUT2D eigenvalue weighted by atomic mass is 9.75. The Hall–Kier alpha value is -1.97. The quantitative estimate of drug-likeness (QED) is 0.624. The van der Waals surface area contributed by atoms with Gasteiger partial charge in [-0.1, -0.05) is 24.3 Å². The van der Waals surface area contributed by atoms with E-state index in [-0.39, 0.29) is 18.2 Å². The summed E-state index contributed by atoms with van der Waals surface area (Å²) in [6, 6.07) is 7.36. The van der Waals surface area contributed by atoms with Crippen molar-refractivity contribution in [3.8, 4) is 0 Å². The van der Waals surface area contributed by atoms with Crippen molar-refractivity contribution in [3.05, 3.63) is 35.4 Å². The van der Waals surface area contributed by atoms with E-state index < -0.39 is 17.8 Å². The summed E-state index contributed by atoms with van der Waals surface area (Å²) in [5.41, 5.74) is 1.61. The molecule has 1 aromatic carbocycles. The van der Waals surface area contributed by atoms with Crippen molar-refractivity contribution in [1.82, 2.24) is 0 Å². The number of hydrogen-bond acceptors (Lipinski definition) is 4. The summed E-state index contributed by atoms with van der Waals surface area (Å²) in [6.07, 6.45) is 1.22. The smallest absolute Gasteiger partial charge is 0.317 e. The number of aryl methyl sites for hydroxylation is 1. The molecule has 0 N–H and O–H groups in total. The van der Waals surface area contributed by atoms with Gasteiger partial charge in [-0.25, -0.2) is 0 Å². The van der Waals surface area contributed by atoms with E-state index in [1.807, 2.05) is 12.1 Å².